The van der Waals surface area contributed by atoms with E-state index >= 15 is 0 Å². The van der Waals surface area contributed by atoms with E-state index in [2.05, 4.69) is 15.5 Å². The van der Waals surface area contributed by atoms with Gasteiger partial charge in [0.1, 0.15) is 5.69 Å². The molecule has 2 aromatic rings. The van der Waals surface area contributed by atoms with Crippen LogP contribution in [-0.2, 0) is 0 Å². The third-order valence-corrected chi connectivity index (χ3v) is 2.51. The molecule has 0 unspecified atom stereocenters. The van der Waals surface area contributed by atoms with Crippen LogP contribution in [0, 0.1) is 0 Å². The number of hydrogen-bond donors (Lipinski definition) is 2. The van der Waals surface area contributed by atoms with Crippen LogP contribution in [-0.4, -0.2) is 22.1 Å². The Labute approximate surface area is 91.8 Å². The molecule has 2 aromatic heterocycles. The van der Waals surface area contributed by atoms with Gasteiger partial charge in [0.25, 0.3) is 5.91 Å². The van der Waals surface area contributed by atoms with Crippen molar-refractivity contribution in [2.24, 2.45) is 0 Å². The van der Waals surface area contributed by atoms with E-state index in [1.165, 1.54) is 0 Å². The lowest BCUT2D eigenvalue weighted by Gasteiger charge is -1.97. The van der Waals surface area contributed by atoms with Crippen molar-refractivity contribution in [1.29, 1.82) is 0 Å². The number of nitrogens with zero attached hydrogens (tertiary/aromatic N) is 1. The minimum Gasteiger partial charge on any atom is -0.463 e. The zero-order valence-electron chi connectivity index (χ0n) is 8.56. The predicted molar refractivity (Wildman–Crippen MR) is 56.8 cm³/mol. The van der Waals surface area contributed by atoms with Gasteiger partial charge in [0.05, 0.1) is 6.26 Å². The highest BCUT2D eigenvalue weighted by Gasteiger charge is 2.24. The van der Waals surface area contributed by atoms with Crippen LogP contribution in [0.15, 0.2) is 28.9 Å². The molecule has 2 heterocycles. The molecule has 5 heteroatoms. The van der Waals surface area contributed by atoms with Crippen molar-refractivity contribution in [1.82, 2.24) is 15.5 Å². The molecule has 0 aliphatic heterocycles. The van der Waals surface area contributed by atoms with E-state index in [-0.39, 0.29) is 5.91 Å². The molecule has 5 nitrogen and oxygen atoms in total. The van der Waals surface area contributed by atoms with Gasteiger partial charge < -0.3 is 9.73 Å². The molecule has 1 aliphatic rings. The molecule has 0 bridgehead atoms. The Kier molecular flexibility index (Phi) is 2.02. The molecule has 0 radical (unpaired) electrons. The number of amides is 1. The van der Waals surface area contributed by atoms with Gasteiger partial charge in [0.2, 0.25) is 0 Å². The van der Waals surface area contributed by atoms with Crippen molar-refractivity contribution >= 4 is 5.91 Å². The molecule has 0 atom stereocenters. The fourth-order valence-electron chi connectivity index (χ4n) is 1.48. The number of rotatable bonds is 3. The van der Waals surface area contributed by atoms with Crippen molar-refractivity contribution in [2.45, 2.75) is 18.9 Å². The Morgan fingerprint density at radius 2 is 2.44 bits per heavy atom. The number of carbonyl (C=O) groups excluding carboxylic acids is 1. The summed E-state index contributed by atoms with van der Waals surface area (Å²) in [6, 6.07) is 5.64. The number of nitrogens with one attached hydrogen (secondary N) is 2. The van der Waals surface area contributed by atoms with Gasteiger partial charge in [0, 0.05) is 12.1 Å². The fraction of sp³-hybridized carbons (Fsp3) is 0.273. The normalized spacial score (nSPS) is 15.0. The molecule has 2 N–H and O–H groups in total. The van der Waals surface area contributed by atoms with Gasteiger partial charge in [-0.15, -0.1) is 0 Å². The first kappa shape index (κ1) is 9.21. The van der Waals surface area contributed by atoms with Gasteiger partial charge in [-0.3, -0.25) is 9.89 Å². The minimum absolute atomic E-state index is 0.128. The van der Waals surface area contributed by atoms with E-state index in [9.17, 15) is 4.79 Å². The topological polar surface area (TPSA) is 70.9 Å². The number of H-pyrrole nitrogens is 1. The van der Waals surface area contributed by atoms with E-state index in [0.29, 0.717) is 23.2 Å². The molecular weight excluding hydrogens is 206 g/mol. The lowest BCUT2D eigenvalue weighted by Crippen LogP contribution is -2.25. The Bertz CT molecular complexity index is 497. The number of carbonyl (C=O) groups is 1. The van der Waals surface area contributed by atoms with Crippen molar-refractivity contribution in [3.05, 3.63) is 30.2 Å². The molecule has 1 fully saturated rings. The summed E-state index contributed by atoms with van der Waals surface area (Å²) < 4.78 is 5.20. The van der Waals surface area contributed by atoms with Crippen LogP contribution in [0.5, 0.6) is 0 Å². The molecule has 1 saturated carbocycles. The maximum absolute atomic E-state index is 11.7. The Hall–Kier alpha value is -2.04. The summed E-state index contributed by atoms with van der Waals surface area (Å²) in [6.07, 6.45) is 3.72. The first-order valence-electron chi connectivity index (χ1n) is 5.23. The van der Waals surface area contributed by atoms with Gasteiger partial charge in [-0.25, -0.2) is 0 Å². The van der Waals surface area contributed by atoms with E-state index in [1.807, 2.05) is 6.07 Å². The summed E-state index contributed by atoms with van der Waals surface area (Å²) in [6.45, 7) is 0. The Balaban J connectivity index is 1.79. The molecule has 0 aromatic carbocycles. The second kappa shape index (κ2) is 3.52. The smallest absolute Gasteiger partial charge is 0.272 e. The second-order valence-corrected chi connectivity index (χ2v) is 3.89. The highest BCUT2D eigenvalue weighted by molar-refractivity contribution is 5.93. The molecule has 0 saturated heterocycles. The highest BCUT2D eigenvalue weighted by atomic mass is 16.3. The summed E-state index contributed by atoms with van der Waals surface area (Å²) in [5.74, 6) is 0.550. The Morgan fingerprint density at radius 1 is 1.56 bits per heavy atom. The summed E-state index contributed by atoms with van der Waals surface area (Å²) in [5, 5.41) is 9.61. The first-order chi connectivity index (χ1) is 7.83. The number of hydrogen-bond acceptors (Lipinski definition) is 3. The van der Waals surface area contributed by atoms with Crippen LogP contribution in [0.4, 0.5) is 0 Å². The standard InChI is InChI=1S/C11H11N3O2/c15-11(12-7-3-4-7)9-6-8(13-14-9)10-2-1-5-16-10/h1-2,5-7H,3-4H2,(H,12,15)(H,13,14). The zero-order chi connectivity index (χ0) is 11.0. The third-order valence-electron chi connectivity index (χ3n) is 2.51. The molecular formula is C11H11N3O2. The van der Waals surface area contributed by atoms with Gasteiger partial charge in [0.15, 0.2) is 11.5 Å². The third kappa shape index (κ3) is 1.71. The largest absolute Gasteiger partial charge is 0.463 e. The van der Waals surface area contributed by atoms with Crippen LogP contribution >= 0.6 is 0 Å². The van der Waals surface area contributed by atoms with Crippen molar-refractivity contribution < 1.29 is 9.21 Å². The molecule has 1 amide bonds. The van der Waals surface area contributed by atoms with Crippen molar-refractivity contribution in [2.75, 3.05) is 0 Å². The van der Waals surface area contributed by atoms with E-state index in [0.717, 1.165) is 12.8 Å². The second-order valence-electron chi connectivity index (χ2n) is 3.89. The number of furan rings is 1. The van der Waals surface area contributed by atoms with Crippen LogP contribution in [0.3, 0.4) is 0 Å². The lowest BCUT2D eigenvalue weighted by atomic mass is 10.3. The lowest BCUT2D eigenvalue weighted by molar-refractivity contribution is 0.0946. The van der Waals surface area contributed by atoms with E-state index < -0.39 is 0 Å². The highest BCUT2D eigenvalue weighted by Crippen LogP contribution is 2.20. The zero-order valence-corrected chi connectivity index (χ0v) is 8.56. The average Bonchev–Trinajstić information content (AvgIpc) is 2.84. The number of aromatic nitrogens is 2. The van der Waals surface area contributed by atoms with E-state index in [1.54, 1.807) is 18.4 Å². The quantitative estimate of drug-likeness (QED) is 0.819. The monoisotopic (exact) mass is 217 g/mol. The van der Waals surface area contributed by atoms with Crippen LogP contribution < -0.4 is 5.32 Å². The molecule has 82 valence electrons. The summed E-state index contributed by atoms with van der Waals surface area (Å²) in [5.41, 5.74) is 1.12. The summed E-state index contributed by atoms with van der Waals surface area (Å²) in [4.78, 5) is 11.7. The van der Waals surface area contributed by atoms with Crippen molar-refractivity contribution in [3.63, 3.8) is 0 Å². The maximum Gasteiger partial charge on any atom is 0.272 e. The molecule has 1 aliphatic carbocycles. The van der Waals surface area contributed by atoms with Gasteiger partial charge in [-0.2, -0.15) is 5.10 Å². The SMILES string of the molecule is O=C(NC1CC1)c1cc(-c2ccco2)[nH]n1. The maximum atomic E-state index is 11.7. The summed E-state index contributed by atoms with van der Waals surface area (Å²) in [7, 11) is 0. The van der Waals surface area contributed by atoms with Gasteiger partial charge >= 0.3 is 0 Å². The van der Waals surface area contributed by atoms with Crippen molar-refractivity contribution in [3.8, 4) is 11.5 Å². The average molecular weight is 217 g/mol. The van der Waals surface area contributed by atoms with E-state index in [4.69, 9.17) is 4.42 Å². The molecule has 3 rings (SSSR count). The van der Waals surface area contributed by atoms with Crippen LogP contribution in [0.1, 0.15) is 23.3 Å². The predicted octanol–water partition coefficient (Wildman–Crippen LogP) is 1.56. The molecule has 16 heavy (non-hydrogen) atoms. The molecule has 0 spiro atoms. The van der Waals surface area contributed by atoms with Gasteiger partial charge in [-0.05, 0) is 25.0 Å². The summed E-state index contributed by atoms with van der Waals surface area (Å²) >= 11 is 0. The van der Waals surface area contributed by atoms with Crippen LogP contribution in [0.2, 0.25) is 0 Å². The fourth-order valence-corrected chi connectivity index (χ4v) is 1.48. The Morgan fingerprint density at radius 3 is 3.12 bits per heavy atom. The number of aromatic amines is 1. The first-order valence-corrected chi connectivity index (χ1v) is 5.23. The minimum atomic E-state index is -0.128. The van der Waals surface area contributed by atoms with Crippen LogP contribution in [0.25, 0.3) is 11.5 Å². The van der Waals surface area contributed by atoms with Gasteiger partial charge in [-0.1, -0.05) is 0 Å².